The molecule has 1 heteroatoms. The lowest BCUT2D eigenvalue weighted by molar-refractivity contribution is 0.0863. The van der Waals surface area contributed by atoms with Crippen molar-refractivity contribution < 1.29 is 0 Å². The number of piperidine rings is 1. The van der Waals surface area contributed by atoms with Crippen LogP contribution in [0, 0.1) is 5.92 Å². The molecule has 0 bridgehead atoms. The predicted octanol–water partition coefficient (Wildman–Crippen LogP) is 4.09. The van der Waals surface area contributed by atoms with Crippen molar-refractivity contribution >= 4 is 0 Å². The summed E-state index contributed by atoms with van der Waals surface area (Å²) < 4.78 is 0. The molecule has 94 valence electrons. The molecule has 2 unspecified atom stereocenters. The van der Waals surface area contributed by atoms with Gasteiger partial charge in [0, 0.05) is 12.6 Å². The molecule has 1 aliphatic heterocycles. The fourth-order valence-electron chi connectivity index (χ4n) is 3.11. The maximum Gasteiger partial charge on any atom is 0.0236 e. The van der Waals surface area contributed by atoms with E-state index in [0.717, 1.165) is 18.5 Å². The zero-order chi connectivity index (χ0) is 12.1. The van der Waals surface area contributed by atoms with Gasteiger partial charge in [-0.15, -0.1) is 0 Å². The lowest BCUT2D eigenvalue weighted by Gasteiger charge is -2.40. The van der Waals surface area contributed by atoms with Crippen LogP contribution in [0.3, 0.4) is 0 Å². The first-order valence-electron chi connectivity index (χ1n) is 7.09. The molecule has 0 spiro atoms. The molecule has 1 aliphatic rings. The third-order valence-corrected chi connectivity index (χ3v) is 4.04. The molecule has 0 amide bonds. The Morgan fingerprint density at radius 3 is 2.71 bits per heavy atom. The first kappa shape index (κ1) is 12.6. The van der Waals surface area contributed by atoms with Gasteiger partial charge < -0.3 is 0 Å². The fourth-order valence-corrected chi connectivity index (χ4v) is 3.11. The standard InChI is InChI=1S/C16H25N/c1-3-8-16-14(2)9-7-12-17(16)13-15-10-5-4-6-11-15/h4-6,10-11,14,16H,3,7-9,12-13H2,1-2H3. The third-order valence-electron chi connectivity index (χ3n) is 4.04. The number of benzene rings is 1. The van der Waals surface area contributed by atoms with Crippen LogP contribution in [0.25, 0.3) is 0 Å². The van der Waals surface area contributed by atoms with Gasteiger partial charge in [0.15, 0.2) is 0 Å². The van der Waals surface area contributed by atoms with E-state index >= 15 is 0 Å². The van der Waals surface area contributed by atoms with E-state index in [4.69, 9.17) is 0 Å². The van der Waals surface area contributed by atoms with Crippen LogP contribution in [0.2, 0.25) is 0 Å². The highest BCUT2D eigenvalue weighted by Gasteiger charge is 2.27. The van der Waals surface area contributed by atoms with Crippen LogP contribution >= 0.6 is 0 Å². The van der Waals surface area contributed by atoms with E-state index in [-0.39, 0.29) is 0 Å². The number of nitrogens with zero attached hydrogens (tertiary/aromatic N) is 1. The molecule has 1 aromatic rings. The average Bonchev–Trinajstić information content (AvgIpc) is 2.35. The number of rotatable bonds is 4. The van der Waals surface area contributed by atoms with Crippen molar-refractivity contribution in [3.63, 3.8) is 0 Å². The topological polar surface area (TPSA) is 3.24 Å². The summed E-state index contributed by atoms with van der Waals surface area (Å²) in [5, 5.41) is 0. The van der Waals surface area contributed by atoms with E-state index < -0.39 is 0 Å². The Bertz CT molecular complexity index is 320. The minimum Gasteiger partial charge on any atom is -0.296 e. The van der Waals surface area contributed by atoms with Crippen molar-refractivity contribution in [1.82, 2.24) is 4.90 Å². The molecule has 0 N–H and O–H groups in total. The van der Waals surface area contributed by atoms with Gasteiger partial charge in [-0.05, 0) is 37.3 Å². The second-order valence-electron chi connectivity index (χ2n) is 5.43. The molecular formula is C16H25N. The third kappa shape index (κ3) is 3.32. The summed E-state index contributed by atoms with van der Waals surface area (Å²) in [6.07, 6.45) is 5.44. The second kappa shape index (κ2) is 6.20. The Morgan fingerprint density at radius 1 is 1.24 bits per heavy atom. The maximum atomic E-state index is 2.70. The molecule has 1 nitrogen and oxygen atoms in total. The van der Waals surface area contributed by atoms with Gasteiger partial charge >= 0.3 is 0 Å². The van der Waals surface area contributed by atoms with Crippen molar-refractivity contribution in [2.24, 2.45) is 5.92 Å². The lowest BCUT2D eigenvalue weighted by atomic mass is 9.87. The summed E-state index contributed by atoms with van der Waals surface area (Å²) in [6.45, 7) is 7.15. The van der Waals surface area contributed by atoms with Crippen LogP contribution in [-0.2, 0) is 6.54 Å². The van der Waals surface area contributed by atoms with Crippen molar-refractivity contribution in [2.75, 3.05) is 6.54 Å². The van der Waals surface area contributed by atoms with E-state index in [9.17, 15) is 0 Å². The van der Waals surface area contributed by atoms with Crippen LogP contribution < -0.4 is 0 Å². The number of likely N-dealkylation sites (tertiary alicyclic amines) is 1. The molecular weight excluding hydrogens is 206 g/mol. The van der Waals surface area contributed by atoms with Crippen molar-refractivity contribution in [1.29, 1.82) is 0 Å². The minimum atomic E-state index is 0.800. The van der Waals surface area contributed by atoms with Crippen LogP contribution in [0.4, 0.5) is 0 Å². The normalized spacial score (nSPS) is 26.0. The Labute approximate surface area is 106 Å². The van der Waals surface area contributed by atoms with Crippen LogP contribution in [0.5, 0.6) is 0 Å². The van der Waals surface area contributed by atoms with Gasteiger partial charge in [0.05, 0.1) is 0 Å². The zero-order valence-corrected chi connectivity index (χ0v) is 11.2. The van der Waals surface area contributed by atoms with E-state index in [1.807, 2.05) is 0 Å². The predicted molar refractivity (Wildman–Crippen MR) is 73.9 cm³/mol. The molecule has 17 heavy (non-hydrogen) atoms. The van der Waals surface area contributed by atoms with Crippen LogP contribution in [0.15, 0.2) is 30.3 Å². The first-order valence-corrected chi connectivity index (χ1v) is 7.09. The monoisotopic (exact) mass is 231 g/mol. The molecule has 0 aliphatic carbocycles. The molecule has 1 aromatic carbocycles. The zero-order valence-electron chi connectivity index (χ0n) is 11.2. The van der Waals surface area contributed by atoms with Gasteiger partial charge in [0.25, 0.3) is 0 Å². The van der Waals surface area contributed by atoms with Gasteiger partial charge in [-0.1, -0.05) is 50.6 Å². The molecule has 2 rings (SSSR count). The Kier molecular flexibility index (Phi) is 4.61. The van der Waals surface area contributed by atoms with E-state index in [0.29, 0.717) is 0 Å². The van der Waals surface area contributed by atoms with E-state index in [1.54, 1.807) is 0 Å². The quantitative estimate of drug-likeness (QED) is 0.754. The largest absolute Gasteiger partial charge is 0.296 e. The fraction of sp³-hybridized carbons (Fsp3) is 0.625. The highest BCUT2D eigenvalue weighted by atomic mass is 15.2. The van der Waals surface area contributed by atoms with Crippen molar-refractivity contribution in [2.45, 2.75) is 52.1 Å². The SMILES string of the molecule is CCCC1C(C)CCCN1Cc1ccccc1. The Balaban J connectivity index is 2.02. The van der Waals surface area contributed by atoms with Gasteiger partial charge in [0.2, 0.25) is 0 Å². The van der Waals surface area contributed by atoms with E-state index in [2.05, 4.69) is 49.1 Å². The molecule has 1 heterocycles. The molecule has 0 aromatic heterocycles. The van der Waals surface area contributed by atoms with Gasteiger partial charge in [-0.25, -0.2) is 0 Å². The molecule has 2 atom stereocenters. The van der Waals surface area contributed by atoms with Crippen molar-refractivity contribution in [3.05, 3.63) is 35.9 Å². The van der Waals surface area contributed by atoms with Crippen LogP contribution in [-0.4, -0.2) is 17.5 Å². The summed E-state index contributed by atoms with van der Waals surface area (Å²) in [6, 6.07) is 11.7. The summed E-state index contributed by atoms with van der Waals surface area (Å²) in [5.74, 6) is 0.868. The smallest absolute Gasteiger partial charge is 0.0236 e. The summed E-state index contributed by atoms with van der Waals surface area (Å²) >= 11 is 0. The van der Waals surface area contributed by atoms with Crippen LogP contribution in [0.1, 0.15) is 45.1 Å². The van der Waals surface area contributed by atoms with Gasteiger partial charge in [-0.3, -0.25) is 4.90 Å². The van der Waals surface area contributed by atoms with E-state index in [1.165, 1.54) is 37.8 Å². The average molecular weight is 231 g/mol. The molecule has 1 saturated heterocycles. The summed E-state index contributed by atoms with van der Waals surface area (Å²) in [7, 11) is 0. The number of hydrogen-bond acceptors (Lipinski definition) is 1. The summed E-state index contributed by atoms with van der Waals surface area (Å²) in [5.41, 5.74) is 1.46. The highest BCUT2D eigenvalue weighted by molar-refractivity contribution is 5.14. The molecule has 0 saturated carbocycles. The minimum absolute atomic E-state index is 0.800. The second-order valence-corrected chi connectivity index (χ2v) is 5.43. The highest BCUT2D eigenvalue weighted by Crippen LogP contribution is 2.27. The molecule has 0 radical (unpaired) electrons. The lowest BCUT2D eigenvalue weighted by Crippen LogP contribution is -2.43. The first-order chi connectivity index (χ1) is 8.31. The van der Waals surface area contributed by atoms with Gasteiger partial charge in [-0.2, -0.15) is 0 Å². The Morgan fingerprint density at radius 2 is 2.00 bits per heavy atom. The Hall–Kier alpha value is -0.820. The molecule has 1 fully saturated rings. The van der Waals surface area contributed by atoms with Crippen molar-refractivity contribution in [3.8, 4) is 0 Å². The number of hydrogen-bond donors (Lipinski definition) is 0. The maximum absolute atomic E-state index is 2.70. The van der Waals surface area contributed by atoms with Gasteiger partial charge in [0.1, 0.15) is 0 Å². The summed E-state index contributed by atoms with van der Waals surface area (Å²) in [4.78, 5) is 2.70.